The lowest BCUT2D eigenvalue weighted by molar-refractivity contribution is -0.145. The SMILES string of the molecule is N#CN1C[C@H]2CCN(C(=O)C3CCC(c4ccccc4)NC3=O)[C@H]2C1. The molecule has 3 aliphatic rings. The van der Waals surface area contributed by atoms with Crippen LogP contribution in [0.3, 0.4) is 0 Å². The zero-order valence-electron chi connectivity index (χ0n) is 14.1. The molecular formula is C19H22N4O2. The highest BCUT2D eigenvalue weighted by atomic mass is 16.2. The van der Waals surface area contributed by atoms with Gasteiger partial charge >= 0.3 is 0 Å². The standard InChI is InChI=1S/C19H22N4O2/c20-12-22-10-14-8-9-23(17(14)11-22)19(25)15-6-7-16(21-18(15)24)13-4-2-1-3-5-13/h1-5,14-17H,6-11H2,(H,21,24)/t14-,15?,16?,17+/m1/s1. The molecule has 6 heteroatoms. The first-order valence-electron chi connectivity index (χ1n) is 8.98. The first kappa shape index (κ1) is 15.9. The van der Waals surface area contributed by atoms with E-state index in [1.54, 1.807) is 4.90 Å². The van der Waals surface area contributed by atoms with Crippen molar-refractivity contribution in [3.63, 3.8) is 0 Å². The first-order valence-corrected chi connectivity index (χ1v) is 8.98. The zero-order valence-corrected chi connectivity index (χ0v) is 14.1. The van der Waals surface area contributed by atoms with E-state index in [0.717, 1.165) is 24.9 Å². The van der Waals surface area contributed by atoms with Crippen LogP contribution in [0.15, 0.2) is 30.3 Å². The van der Waals surface area contributed by atoms with Gasteiger partial charge in [0, 0.05) is 25.6 Å². The lowest BCUT2D eigenvalue weighted by atomic mass is 9.89. The third kappa shape index (κ3) is 2.84. The maximum atomic E-state index is 13.0. The molecule has 25 heavy (non-hydrogen) atoms. The number of nitrogens with one attached hydrogen (secondary N) is 1. The van der Waals surface area contributed by atoms with Crippen molar-refractivity contribution in [2.24, 2.45) is 11.8 Å². The number of piperidine rings is 1. The topological polar surface area (TPSA) is 76.4 Å². The van der Waals surface area contributed by atoms with Crippen LogP contribution in [0.5, 0.6) is 0 Å². The number of hydrogen-bond acceptors (Lipinski definition) is 4. The summed E-state index contributed by atoms with van der Waals surface area (Å²) >= 11 is 0. The number of nitriles is 1. The number of hydrogen-bond donors (Lipinski definition) is 1. The molecule has 0 saturated carbocycles. The van der Waals surface area contributed by atoms with E-state index in [9.17, 15) is 9.59 Å². The van der Waals surface area contributed by atoms with Crippen molar-refractivity contribution < 1.29 is 9.59 Å². The summed E-state index contributed by atoms with van der Waals surface area (Å²) in [4.78, 5) is 29.1. The van der Waals surface area contributed by atoms with E-state index in [-0.39, 0.29) is 23.9 Å². The third-order valence-corrected chi connectivity index (χ3v) is 5.85. The quantitative estimate of drug-likeness (QED) is 0.651. The summed E-state index contributed by atoms with van der Waals surface area (Å²) in [5.41, 5.74) is 1.09. The number of likely N-dealkylation sites (tertiary alicyclic amines) is 2. The highest BCUT2D eigenvalue weighted by Crippen LogP contribution is 2.34. The molecule has 0 spiro atoms. The minimum Gasteiger partial charge on any atom is -0.349 e. The second kappa shape index (κ2) is 6.40. The summed E-state index contributed by atoms with van der Waals surface area (Å²) in [6.45, 7) is 2.05. The van der Waals surface area contributed by atoms with Crippen molar-refractivity contribution in [1.82, 2.24) is 15.1 Å². The monoisotopic (exact) mass is 338 g/mol. The molecular weight excluding hydrogens is 316 g/mol. The van der Waals surface area contributed by atoms with Crippen LogP contribution < -0.4 is 5.32 Å². The van der Waals surface area contributed by atoms with Gasteiger partial charge in [0.2, 0.25) is 11.8 Å². The van der Waals surface area contributed by atoms with Gasteiger partial charge in [-0.05, 0) is 24.8 Å². The minimum atomic E-state index is -0.588. The Morgan fingerprint density at radius 2 is 1.96 bits per heavy atom. The van der Waals surface area contributed by atoms with Crippen LogP contribution in [0.25, 0.3) is 0 Å². The number of nitrogens with zero attached hydrogens (tertiary/aromatic N) is 3. The molecule has 3 fully saturated rings. The van der Waals surface area contributed by atoms with Gasteiger partial charge < -0.3 is 15.1 Å². The van der Waals surface area contributed by atoms with Gasteiger partial charge in [0.05, 0.1) is 12.1 Å². The highest BCUT2D eigenvalue weighted by molar-refractivity contribution is 6.01. The average molecular weight is 338 g/mol. The first-order chi connectivity index (χ1) is 12.2. The van der Waals surface area contributed by atoms with Crippen LogP contribution in [0.4, 0.5) is 0 Å². The molecule has 3 saturated heterocycles. The smallest absolute Gasteiger partial charge is 0.235 e. The number of rotatable bonds is 2. The van der Waals surface area contributed by atoms with Gasteiger partial charge in [-0.1, -0.05) is 30.3 Å². The molecule has 4 atom stereocenters. The summed E-state index contributed by atoms with van der Waals surface area (Å²) in [7, 11) is 0. The van der Waals surface area contributed by atoms with E-state index >= 15 is 0 Å². The molecule has 0 radical (unpaired) electrons. The Balaban J connectivity index is 1.42. The summed E-state index contributed by atoms with van der Waals surface area (Å²) in [5, 5.41) is 12.1. The molecule has 1 aromatic rings. The Hall–Kier alpha value is -2.55. The Morgan fingerprint density at radius 3 is 2.68 bits per heavy atom. The van der Waals surface area contributed by atoms with Crippen molar-refractivity contribution in [2.75, 3.05) is 19.6 Å². The lowest BCUT2D eigenvalue weighted by Crippen LogP contribution is -2.50. The number of fused-ring (bicyclic) bond motifs is 1. The molecule has 0 bridgehead atoms. The van der Waals surface area contributed by atoms with Crippen molar-refractivity contribution in [1.29, 1.82) is 5.26 Å². The molecule has 1 N–H and O–H groups in total. The summed E-state index contributed by atoms with van der Waals surface area (Å²) in [6.07, 6.45) is 4.47. The largest absolute Gasteiger partial charge is 0.349 e. The van der Waals surface area contributed by atoms with Gasteiger partial charge in [-0.25, -0.2) is 0 Å². The molecule has 2 unspecified atom stereocenters. The van der Waals surface area contributed by atoms with Crippen molar-refractivity contribution in [3.8, 4) is 6.19 Å². The molecule has 3 heterocycles. The second-order valence-corrected chi connectivity index (χ2v) is 7.25. The fourth-order valence-corrected chi connectivity index (χ4v) is 4.50. The predicted octanol–water partition coefficient (Wildman–Crippen LogP) is 1.27. The molecule has 0 aromatic heterocycles. The molecule has 4 rings (SSSR count). The normalized spacial score (nSPS) is 31.4. The van der Waals surface area contributed by atoms with E-state index < -0.39 is 5.92 Å². The van der Waals surface area contributed by atoms with Crippen LogP contribution in [-0.2, 0) is 9.59 Å². The number of benzene rings is 1. The molecule has 130 valence electrons. The molecule has 0 aliphatic carbocycles. The molecule has 3 aliphatic heterocycles. The van der Waals surface area contributed by atoms with Crippen molar-refractivity contribution in [2.45, 2.75) is 31.3 Å². The molecule has 2 amide bonds. The van der Waals surface area contributed by atoms with Crippen LogP contribution in [0.1, 0.15) is 30.9 Å². The van der Waals surface area contributed by atoms with Crippen LogP contribution in [0.2, 0.25) is 0 Å². The maximum absolute atomic E-state index is 13.0. The number of amides is 2. The molecule has 6 nitrogen and oxygen atoms in total. The average Bonchev–Trinajstić information content (AvgIpc) is 3.22. The Labute approximate surface area is 147 Å². The minimum absolute atomic E-state index is 0.00959. The van der Waals surface area contributed by atoms with Crippen molar-refractivity contribution >= 4 is 11.8 Å². The summed E-state index contributed by atoms with van der Waals surface area (Å²) in [6, 6.07) is 9.97. The van der Waals surface area contributed by atoms with Crippen LogP contribution in [-0.4, -0.2) is 47.3 Å². The predicted molar refractivity (Wildman–Crippen MR) is 90.8 cm³/mol. The van der Waals surface area contributed by atoms with Crippen LogP contribution >= 0.6 is 0 Å². The van der Waals surface area contributed by atoms with E-state index in [1.165, 1.54) is 0 Å². The molecule has 1 aromatic carbocycles. The summed E-state index contributed by atoms with van der Waals surface area (Å²) in [5.74, 6) is -0.442. The van der Waals surface area contributed by atoms with Gasteiger partial charge in [-0.3, -0.25) is 9.59 Å². The van der Waals surface area contributed by atoms with E-state index in [4.69, 9.17) is 5.26 Å². The zero-order chi connectivity index (χ0) is 17.4. The van der Waals surface area contributed by atoms with E-state index in [0.29, 0.717) is 25.4 Å². The third-order valence-electron chi connectivity index (χ3n) is 5.85. The van der Waals surface area contributed by atoms with Gasteiger partial charge in [0.1, 0.15) is 5.92 Å². The lowest BCUT2D eigenvalue weighted by Gasteiger charge is -2.33. The summed E-state index contributed by atoms with van der Waals surface area (Å²) < 4.78 is 0. The fraction of sp³-hybridized carbons (Fsp3) is 0.526. The van der Waals surface area contributed by atoms with Gasteiger partial charge in [0.15, 0.2) is 6.19 Å². The Bertz CT molecular complexity index is 714. The highest BCUT2D eigenvalue weighted by Gasteiger charge is 2.46. The number of carbonyl (C=O) groups excluding carboxylic acids is 2. The fourth-order valence-electron chi connectivity index (χ4n) is 4.50. The van der Waals surface area contributed by atoms with Gasteiger partial charge in [-0.2, -0.15) is 5.26 Å². The van der Waals surface area contributed by atoms with E-state index in [1.807, 2.05) is 35.2 Å². The van der Waals surface area contributed by atoms with Gasteiger partial charge in [0.25, 0.3) is 0 Å². The van der Waals surface area contributed by atoms with Gasteiger partial charge in [-0.15, -0.1) is 0 Å². The Kier molecular flexibility index (Phi) is 4.08. The van der Waals surface area contributed by atoms with E-state index in [2.05, 4.69) is 11.5 Å². The van der Waals surface area contributed by atoms with Crippen LogP contribution in [0, 0.1) is 23.3 Å². The van der Waals surface area contributed by atoms with Crippen molar-refractivity contribution in [3.05, 3.63) is 35.9 Å². The second-order valence-electron chi connectivity index (χ2n) is 7.25. The maximum Gasteiger partial charge on any atom is 0.235 e. The Morgan fingerprint density at radius 1 is 1.16 bits per heavy atom. The number of carbonyl (C=O) groups is 2.